The third kappa shape index (κ3) is 6.92. The molecule has 0 saturated carbocycles. The van der Waals surface area contributed by atoms with Gasteiger partial charge in [-0.3, -0.25) is 4.79 Å². The third-order valence-corrected chi connectivity index (χ3v) is 4.10. The predicted octanol–water partition coefficient (Wildman–Crippen LogP) is 3.62. The van der Waals surface area contributed by atoms with E-state index in [0.717, 1.165) is 24.1 Å². The minimum atomic E-state index is -0.534. The van der Waals surface area contributed by atoms with Crippen LogP contribution in [0.1, 0.15) is 11.1 Å². The van der Waals surface area contributed by atoms with Crippen molar-refractivity contribution in [2.24, 2.45) is 5.73 Å². The lowest BCUT2D eigenvalue weighted by Gasteiger charge is -2.12. The summed E-state index contributed by atoms with van der Waals surface area (Å²) < 4.78 is 10.6. The van der Waals surface area contributed by atoms with Crippen molar-refractivity contribution >= 4 is 41.5 Å². The van der Waals surface area contributed by atoms with Crippen molar-refractivity contribution in [3.8, 4) is 11.5 Å². The number of nitrogens with one attached hydrogen (secondary N) is 1. The zero-order valence-corrected chi connectivity index (χ0v) is 16.6. The van der Waals surface area contributed by atoms with E-state index in [-0.39, 0.29) is 19.0 Å². The highest BCUT2D eigenvalue weighted by atomic mass is 35.5. The van der Waals surface area contributed by atoms with Crippen LogP contribution in [-0.4, -0.2) is 26.2 Å². The minimum absolute atomic E-state index is 0. The van der Waals surface area contributed by atoms with Crippen molar-refractivity contribution in [2.45, 2.75) is 13.0 Å². The van der Waals surface area contributed by atoms with Crippen molar-refractivity contribution in [1.82, 2.24) is 5.32 Å². The molecule has 5 nitrogen and oxygen atoms in total. The minimum Gasteiger partial charge on any atom is -0.493 e. The van der Waals surface area contributed by atoms with Crippen LogP contribution in [0.25, 0.3) is 0 Å². The molecule has 0 fully saturated rings. The Bertz CT molecular complexity index is 742. The third-order valence-electron chi connectivity index (χ3n) is 3.51. The molecule has 0 aliphatic rings. The zero-order chi connectivity index (χ0) is 18.2. The van der Waals surface area contributed by atoms with Gasteiger partial charge in [-0.25, -0.2) is 0 Å². The Hall–Kier alpha value is -1.66. The normalized spacial score (nSPS) is 10.1. The van der Waals surface area contributed by atoms with Gasteiger partial charge in [-0.1, -0.05) is 35.3 Å². The summed E-state index contributed by atoms with van der Waals surface area (Å²) in [5.74, 6) is 0.507. The number of carbonyl (C=O) groups excluding carboxylic acids is 1. The van der Waals surface area contributed by atoms with Gasteiger partial charge in [-0.2, -0.15) is 0 Å². The Kier molecular flexibility index (Phi) is 9.59. The van der Waals surface area contributed by atoms with Crippen LogP contribution >= 0.6 is 35.6 Å². The average Bonchev–Trinajstić information content (AvgIpc) is 2.58. The number of primary amides is 1. The summed E-state index contributed by atoms with van der Waals surface area (Å²) in [6.07, 6.45) is 0.799. The number of carbonyl (C=O) groups is 1. The molecule has 2 aromatic carbocycles. The van der Waals surface area contributed by atoms with E-state index >= 15 is 0 Å². The number of hydrogen-bond donors (Lipinski definition) is 2. The van der Waals surface area contributed by atoms with Gasteiger partial charge in [0, 0.05) is 16.6 Å². The van der Waals surface area contributed by atoms with E-state index in [9.17, 15) is 4.79 Å². The topological polar surface area (TPSA) is 73.6 Å². The molecule has 3 N–H and O–H groups in total. The predicted molar refractivity (Wildman–Crippen MR) is 107 cm³/mol. The van der Waals surface area contributed by atoms with E-state index in [0.29, 0.717) is 28.1 Å². The summed E-state index contributed by atoms with van der Waals surface area (Å²) in [6, 6.07) is 11.0. The van der Waals surface area contributed by atoms with Crippen molar-refractivity contribution in [1.29, 1.82) is 0 Å². The number of ether oxygens (including phenoxy) is 2. The van der Waals surface area contributed by atoms with Crippen molar-refractivity contribution in [3.05, 3.63) is 57.6 Å². The first-order valence-electron chi connectivity index (χ1n) is 7.72. The quantitative estimate of drug-likeness (QED) is 0.609. The summed E-state index contributed by atoms with van der Waals surface area (Å²) in [6.45, 7) is 1.25. The summed E-state index contributed by atoms with van der Waals surface area (Å²) in [5, 5.41) is 4.66. The van der Waals surface area contributed by atoms with Crippen molar-refractivity contribution < 1.29 is 14.3 Å². The Morgan fingerprint density at radius 3 is 2.58 bits per heavy atom. The lowest BCUT2D eigenvalue weighted by molar-refractivity contribution is -0.119. The molecule has 8 heteroatoms. The molecule has 0 spiro atoms. The van der Waals surface area contributed by atoms with E-state index in [1.54, 1.807) is 19.2 Å². The molecule has 0 aliphatic carbocycles. The molecule has 142 valence electrons. The fourth-order valence-corrected chi connectivity index (χ4v) is 2.77. The fraction of sp³-hybridized carbons (Fsp3) is 0.278. The van der Waals surface area contributed by atoms with Gasteiger partial charge >= 0.3 is 0 Å². The first-order chi connectivity index (χ1) is 12.0. The number of rotatable bonds is 9. The van der Waals surface area contributed by atoms with E-state index in [1.165, 1.54) is 0 Å². The Morgan fingerprint density at radius 1 is 1.15 bits per heavy atom. The van der Waals surface area contributed by atoms with Gasteiger partial charge in [0.15, 0.2) is 18.1 Å². The molecule has 0 bridgehead atoms. The van der Waals surface area contributed by atoms with Gasteiger partial charge in [0.05, 0.1) is 7.11 Å². The Balaban J connectivity index is 0.00000338. The molecule has 26 heavy (non-hydrogen) atoms. The molecule has 0 aromatic heterocycles. The molecule has 0 unspecified atom stereocenters. The molecule has 0 saturated heterocycles. The van der Waals surface area contributed by atoms with Gasteiger partial charge in [-0.05, 0) is 48.4 Å². The van der Waals surface area contributed by atoms with Crippen LogP contribution in [0.15, 0.2) is 36.4 Å². The Morgan fingerprint density at radius 2 is 1.92 bits per heavy atom. The van der Waals surface area contributed by atoms with Gasteiger partial charge < -0.3 is 20.5 Å². The molecular weight excluding hydrogens is 399 g/mol. The van der Waals surface area contributed by atoms with Crippen molar-refractivity contribution in [3.63, 3.8) is 0 Å². The number of halogens is 3. The highest BCUT2D eigenvalue weighted by Crippen LogP contribution is 2.28. The smallest absolute Gasteiger partial charge is 0.255 e. The molecule has 0 atom stereocenters. The highest BCUT2D eigenvalue weighted by Gasteiger charge is 2.07. The maximum absolute atomic E-state index is 10.8. The number of hydrogen-bond acceptors (Lipinski definition) is 4. The lowest BCUT2D eigenvalue weighted by atomic mass is 10.1. The van der Waals surface area contributed by atoms with Crippen LogP contribution < -0.4 is 20.5 Å². The maximum atomic E-state index is 10.8. The van der Waals surface area contributed by atoms with E-state index in [2.05, 4.69) is 5.32 Å². The van der Waals surface area contributed by atoms with E-state index in [1.807, 2.05) is 24.3 Å². The molecule has 2 rings (SSSR count). The molecule has 2 aromatic rings. The van der Waals surface area contributed by atoms with Crippen LogP contribution in [-0.2, 0) is 17.8 Å². The van der Waals surface area contributed by atoms with Crippen LogP contribution in [0.3, 0.4) is 0 Å². The summed E-state index contributed by atoms with van der Waals surface area (Å²) >= 11 is 12.1. The molecule has 0 heterocycles. The van der Waals surface area contributed by atoms with E-state index < -0.39 is 5.91 Å². The average molecular weight is 420 g/mol. The fourth-order valence-electron chi connectivity index (χ4n) is 2.27. The zero-order valence-electron chi connectivity index (χ0n) is 14.3. The Labute approximate surface area is 169 Å². The highest BCUT2D eigenvalue weighted by molar-refractivity contribution is 6.35. The first kappa shape index (κ1) is 22.4. The molecule has 0 aliphatic heterocycles. The second-order valence-corrected chi connectivity index (χ2v) is 6.25. The second-order valence-electron chi connectivity index (χ2n) is 5.40. The second kappa shape index (κ2) is 11.1. The van der Waals surface area contributed by atoms with Gasteiger partial charge in [0.2, 0.25) is 0 Å². The summed E-state index contributed by atoms with van der Waals surface area (Å²) in [5.41, 5.74) is 7.16. The number of benzene rings is 2. The number of methoxy groups -OCH3 is 1. The van der Waals surface area contributed by atoms with Gasteiger partial charge in [-0.15, -0.1) is 12.4 Å². The molecule has 1 amide bonds. The van der Waals surface area contributed by atoms with Gasteiger partial charge in [0.1, 0.15) is 0 Å². The maximum Gasteiger partial charge on any atom is 0.255 e. The van der Waals surface area contributed by atoms with Crippen LogP contribution in [0, 0.1) is 0 Å². The molecule has 0 radical (unpaired) electrons. The van der Waals surface area contributed by atoms with Crippen LogP contribution in [0.4, 0.5) is 0 Å². The molecular formula is C18H21Cl3N2O3. The SMILES string of the molecule is COc1cc(CNCCc2ccc(Cl)cc2Cl)ccc1OCC(N)=O.Cl. The first-order valence-corrected chi connectivity index (χ1v) is 8.48. The largest absolute Gasteiger partial charge is 0.493 e. The number of nitrogens with two attached hydrogens (primary N) is 1. The monoisotopic (exact) mass is 418 g/mol. The summed E-state index contributed by atoms with van der Waals surface area (Å²) in [7, 11) is 1.55. The van der Waals surface area contributed by atoms with Crippen LogP contribution in [0.2, 0.25) is 10.0 Å². The number of amides is 1. The van der Waals surface area contributed by atoms with Gasteiger partial charge in [0.25, 0.3) is 5.91 Å². The lowest BCUT2D eigenvalue weighted by Crippen LogP contribution is -2.20. The van der Waals surface area contributed by atoms with Crippen molar-refractivity contribution in [2.75, 3.05) is 20.3 Å². The summed E-state index contributed by atoms with van der Waals surface area (Å²) in [4.78, 5) is 10.8. The van der Waals surface area contributed by atoms with E-state index in [4.69, 9.17) is 38.4 Å². The van der Waals surface area contributed by atoms with Crippen LogP contribution in [0.5, 0.6) is 11.5 Å². The standard InChI is InChI=1S/C18H20Cl2N2O3.ClH/c1-24-17-8-12(2-5-16(17)25-11-18(21)23)10-22-7-6-13-3-4-14(19)9-15(13)20;/h2-5,8-9,22H,6-7,10-11H2,1H3,(H2,21,23);1H.